The number of benzene rings is 2. The molecule has 2 aliphatic carbocycles. The molecule has 2 aromatic carbocycles. The number of carbonyl (C=O) groups excluding carboxylic acids is 1. The fourth-order valence-electron chi connectivity index (χ4n) is 7.39. The molecule has 1 saturated carbocycles. The maximum Gasteiger partial charge on any atom is 0.435 e. The van der Waals surface area contributed by atoms with Crippen LogP contribution < -0.4 is 14.8 Å². The van der Waals surface area contributed by atoms with Crippen molar-refractivity contribution < 1.29 is 49.1 Å². The van der Waals surface area contributed by atoms with Crippen molar-refractivity contribution in [3.05, 3.63) is 94.1 Å². The summed E-state index contributed by atoms with van der Waals surface area (Å²) in [5.41, 5.74) is -3.55. The van der Waals surface area contributed by atoms with Crippen molar-refractivity contribution in [3.63, 3.8) is 0 Å². The van der Waals surface area contributed by atoms with Crippen molar-refractivity contribution in [2.45, 2.75) is 69.8 Å². The second kappa shape index (κ2) is 14.4. The summed E-state index contributed by atoms with van der Waals surface area (Å²) in [5, 5.41) is 21.1. The van der Waals surface area contributed by atoms with Crippen LogP contribution in [0, 0.1) is 29.4 Å². The van der Waals surface area contributed by atoms with Crippen molar-refractivity contribution in [2.24, 2.45) is 13.0 Å². The number of fused-ring (bicyclic) bond motifs is 4. The van der Waals surface area contributed by atoms with Crippen LogP contribution in [-0.2, 0) is 47.1 Å². The maximum atomic E-state index is 15.4. The topological polar surface area (TPSA) is 156 Å². The molecule has 1 fully saturated rings. The zero-order chi connectivity index (χ0) is 42.1. The number of anilines is 1. The molecule has 0 spiro atoms. The monoisotopic (exact) mass is 832 g/mol. The number of rotatable bonds is 11. The average molecular weight is 833 g/mol. The Morgan fingerprint density at radius 1 is 1.07 bits per heavy atom. The highest BCUT2D eigenvalue weighted by molar-refractivity contribution is 7.90. The number of nitrogens with zero attached hydrogens (tertiary/aromatic N) is 5. The Labute approximate surface area is 327 Å². The largest absolute Gasteiger partial charge is 0.435 e. The summed E-state index contributed by atoms with van der Waals surface area (Å²) in [5.74, 6) is -3.77. The van der Waals surface area contributed by atoms with Gasteiger partial charge in [0, 0.05) is 47.7 Å². The molecule has 7 rings (SSSR count). The van der Waals surface area contributed by atoms with Crippen LogP contribution in [0.25, 0.3) is 22.0 Å². The number of para-hydroxylation sites is 1. The zero-order valence-corrected chi connectivity index (χ0v) is 32.0. The highest BCUT2D eigenvalue weighted by atomic mass is 32.2. The number of aromatic nitrogens is 5. The number of aryl methyl sites for hydroxylation is 1. The Morgan fingerprint density at radius 2 is 1.78 bits per heavy atom. The third-order valence-corrected chi connectivity index (χ3v) is 10.8. The van der Waals surface area contributed by atoms with Crippen LogP contribution in [0.15, 0.2) is 48.5 Å². The van der Waals surface area contributed by atoms with E-state index in [1.807, 2.05) is 0 Å². The van der Waals surface area contributed by atoms with E-state index in [2.05, 4.69) is 41.8 Å². The zero-order valence-electron chi connectivity index (χ0n) is 31.1. The number of amides is 1. The van der Waals surface area contributed by atoms with E-state index >= 15 is 8.78 Å². The molecule has 3 atom stereocenters. The van der Waals surface area contributed by atoms with Crippen LogP contribution in [0.5, 0.6) is 0 Å². The molecule has 3 aromatic heterocycles. The van der Waals surface area contributed by atoms with Crippen LogP contribution in [0.3, 0.4) is 0 Å². The molecule has 1 unspecified atom stereocenters. The van der Waals surface area contributed by atoms with Gasteiger partial charge in [-0.3, -0.25) is 18.9 Å². The second-order valence-corrected chi connectivity index (χ2v) is 16.2. The first-order valence-corrected chi connectivity index (χ1v) is 19.3. The predicted molar refractivity (Wildman–Crippen MR) is 196 cm³/mol. The molecule has 0 saturated heterocycles. The van der Waals surface area contributed by atoms with Crippen molar-refractivity contribution in [1.82, 2.24) is 34.6 Å². The predicted octanol–water partition coefficient (Wildman–Crippen LogP) is 5.83. The Morgan fingerprint density at radius 3 is 2.43 bits per heavy atom. The van der Waals surface area contributed by atoms with E-state index < -0.39 is 86.8 Å². The lowest BCUT2D eigenvalue weighted by molar-refractivity contribution is -0.142. The van der Waals surface area contributed by atoms with E-state index in [1.165, 1.54) is 24.6 Å². The third-order valence-electron chi connectivity index (χ3n) is 9.66. The molecule has 0 bridgehead atoms. The summed E-state index contributed by atoms with van der Waals surface area (Å²) in [6, 6.07) is 9.10. The van der Waals surface area contributed by atoms with Gasteiger partial charge in [-0.2, -0.15) is 45.3 Å². The van der Waals surface area contributed by atoms with Gasteiger partial charge in [-0.15, -0.1) is 0 Å². The summed E-state index contributed by atoms with van der Waals surface area (Å²) in [6.07, 6.45) is -5.62. The molecular weight excluding hydrogens is 798 g/mol. The van der Waals surface area contributed by atoms with Crippen LogP contribution in [0.1, 0.15) is 73.1 Å². The summed E-state index contributed by atoms with van der Waals surface area (Å²) >= 11 is 0. The van der Waals surface area contributed by atoms with Gasteiger partial charge in [0.05, 0.1) is 17.3 Å². The standard InChI is InChI=1S/C38H35F7N8O4S/c1-5-46-58(56,57)51-35-25-8-6-7-24(32(25)52(4)50-35)23-10-9-22(11-12-36(2,3)55)47-31(23)28(15-19-13-20(39)16-21(40)14-19)48-29(54)18-53-34-30(33(49-53)38(43,44)45)26-17-27(26)37(34,41)42/h6-10,13-14,16,26-28,46,55H,5,15,17-18H2,1-4H3,(H,48,54)(H,50,51)/t26-,27?,28-/m0/s1. The van der Waals surface area contributed by atoms with Crippen molar-refractivity contribution >= 4 is 32.8 Å². The number of aliphatic hydroxyl groups is 1. The molecular formula is C38H35F7N8O4S. The Bertz CT molecular complexity index is 2620. The number of carbonyl (C=O) groups is 1. The first kappa shape index (κ1) is 40.7. The summed E-state index contributed by atoms with van der Waals surface area (Å²) in [4.78, 5) is 18.6. The highest BCUT2D eigenvalue weighted by Crippen LogP contribution is 2.68. The van der Waals surface area contributed by atoms with Gasteiger partial charge >= 0.3 is 6.18 Å². The minimum absolute atomic E-state index is 0.00250. The van der Waals surface area contributed by atoms with Gasteiger partial charge in [-0.25, -0.2) is 13.8 Å². The van der Waals surface area contributed by atoms with Gasteiger partial charge in [0.25, 0.3) is 16.1 Å². The van der Waals surface area contributed by atoms with Crippen LogP contribution in [0.2, 0.25) is 0 Å². The lowest BCUT2D eigenvalue weighted by Crippen LogP contribution is -2.35. The van der Waals surface area contributed by atoms with Crippen molar-refractivity contribution in [3.8, 4) is 23.0 Å². The summed E-state index contributed by atoms with van der Waals surface area (Å²) < 4.78 is 134. The summed E-state index contributed by atoms with van der Waals surface area (Å²) in [7, 11) is -2.49. The maximum absolute atomic E-state index is 15.4. The molecule has 58 heavy (non-hydrogen) atoms. The SMILES string of the molecule is CCNS(=O)(=O)Nc1nn(C)c2c(-c3ccc(C#CC(C)(C)O)nc3[C@H](Cc3cc(F)cc(F)c3)NC(=O)Cn3nc(C(F)(F)F)c4c3C(F)(F)C3C[C@H]43)cccc12. The van der Waals surface area contributed by atoms with Gasteiger partial charge in [-0.05, 0) is 74.4 Å². The number of halogens is 7. The van der Waals surface area contributed by atoms with Crippen molar-refractivity contribution in [2.75, 3.05) is 11.3 Å². The fraction of sp³-hybridized carbons (Fsp3) is 0.368. The average Bonchev–Trinajstić information content (AvgIpc) is 3.65. The smallest absolute Gasteiger partial charge is 0.378 e. The Hall–Kier alpha value is -5.52. The van der Waals surface area contributed by atoms with Crippen LogP contribution >= 0.6 is 0 Å². The van der Waals surface area contributed by atoms with E-state index in [9.17, 15) is 40.3 Å². The van der Waals surface area contributed by atoms with E-state index in [0.717, 1.165) is 12.1 Å². The van der Waals surface area contributed by atoms with Gasteiger partial charge in [-0.1, -0.05) is 25.0 Å². The molecule has 12 nitrogen and oxygen atoms in total. The normalized spacial score (nSPS) is 17.7. The fourth-order valence-corrected chi connectivity index (χ4v) is 8.24. The number of pyridine rings is 1. The summed E-state index contributed by atoms with van der Waals surface area (Å²) in [6.45, 7) is 3.43. The molecule has 5 aromatic rings. The highest BCUT2D eigenvalue weighted by Gasteiger charge is 2.68. The number of hydrogen-bond acceptors (Lipinski definition) is 7. The molecule has 306 valence electrons. The number of hydrogen-bond donors (Lipinski definition) is 4. The van der Waals surface area contributed by atoms with E-state index in [1.54, 1.807) is 38.2 Å². The molecule has 0 radical (unpaired) electrons. The molecule has 2 aliphatic rings. The Kier molecular flexibility index (Phi) is 10.1. The molecule has 4 N–H and O–H groups in total. The number of nitrogens with one attached hydrogen (secondary N) is 3. The van der Waals surface area contributed by atoms with Crippen LogP contribution in [-0.4, -0.2) is 56.1 Å². The molecule has 1 amide bonds. The molecule has 0 aliphatic heterocycles. The lowest BCUT2D eigenvalue weighted by Gasteiger charge is -2.23. The number of alkyl halides is 5. The Balaban J connectivity index is 1.37. The minimum atomic E-state index is -5.08. The van der Waals surface area contributed by atoms with Gasteiger partial charge in [0.1, 0.15) is 35.2 Å². The molecule has 20 heteroatoms. The lowest BCUT2D eigenvalue weighted by atomic mass is 9.93. The minimum Gasteiger partial charge on any atom is -0.378 e. The van der Waals surface area contributed by atoms with Gasteiger partial charge in [0.2, 0.25) is 5.91 Å². The van der Waals surface area contributed by atoms with Crippen molar-refractivity contribution in [1.29, 1.82) is 0 Å². The van der Waals surface area contributed by atoms with Gasteiger partial charge in [0.15, 0.2) is 11.5 Å². The van der Waals surface area contributed by atoms with E-state index in [4.69, 9.17) is 0 Å². The van der Waals surface area contributed by atoms with E-state index in [0.29, 0.717) is 27.2 Å². The first-order valence-electron chi connectivity index (χ1n) is 17.9. The van der Waals surface area contributed by atoms with Crippen LogP contribution in [0.4, 0.5) is 36.6 Å². The first-order chi connectivity index (χ1) is 27.1. The third kappa shape index (κ3) is 7.98. The van der Waals surface area contributed by atoms with Gasteiger partial charge < -0.3 is 10.4 Å². The van der Waals surface area contributed by atoms with E-state index in [-0.39, 0.29) is 47.7 Å². The second-order valence-electron chi connectivity index (χ2n) is 14.7. The quantitative estimate of drug-likeness (QED) is 0.0965. The molecule has 3 heterocycles.